The first-order valence-corrected chi connectivity index (χ1v) is 12.6. The minimum Gasteiger partial charge on any atom is -0.463 e. The summed E-state index contributed by atoms with van der Waals surface area (Å²) in [5, 5.41) is 0. The van der Waals surface area contributed by atoms with E-state index >= 15 is 0 Å². The van der Waals surface area contributed by atoms with Gasteiger partial charge in [-0.15, -0.1) is 0 Å². The molecule has 2 aromatic rings. The largest absolute Gasteiger partial charge is 0.463 e. The summed E-state index contributed by atoms with van der Waals surface area (Å²) in [7, 11) is 0. The fraction of sp³-hybridized carbons (Fsp3) is 0.792. The number of aromatic amines is 1. The van der Waals surface area contributed by atoms with E-state index in [1.165, 1.54) is 51.7 Å². The van der Waals surface area contributed by atoms with Crippen LogP contribution in [0, 0.1) is 11.8 Å². The Kier molecular flexibility index (Phi) is 9.38. The third-order valence-corrected chi connectivity index (χ3v) is 6.58. The van der Waals surface area contributed by atoms with E-state index in [0.29, 0.717) is 24.3 Å². The smallest absolute Gasteiger partial charge is 0.327 e. The van der Waals surface area contributed by atoms with Gasteiger partial charge in [0.15, 0.2) is 11.5 Å². The summed E-state index contributed by atoms with van der Waals surface area (Å²) in [5.41, 5.74) is 6.89. The molecule has 1 aliphatic rings. The van der Waals surface area contributed by atoms with Crippen molar-refractivity contribution in [3.63, 3.8) is 0 Å². The Labute approximate surface area is 191 Å². The molecule has 32 heavy (non-hydrogen) atoms. The molecule has 3 rings (SSSR count). The number of unbranched alkanes of at least 4 members (excludes halogenated alkanes) is 3. The van der Waals surface area contributed by atoms with Crippen LogP contribution < -0.4 is 16.2 Å². The highest BCUT2D eigenvalue weighted by molar-refractivity contribution is 5.81. The number of hydrogen-bond donors (Lipinski definition) is 2. The molecule has 8 nitrogen and oxygen atoms in total. The minimum absolute atomic E-state index is 0.180. The zero-order chi connectivity index (χ0) is 22.9. The molecule has 0 aliphatic carbocycles. The van der Waals surface area contributed by atoms with Gasteiger partial charge in [-0.25, -0.2) is 4.79 Å². The molecule has 1 fully saturated rings. The summed E-state index contributed by atoms with van der Waals surface area (Å²) in [5.74, 6) is 1.91. The maximum atomic E-state index is 12.4. The van der Waals surface area contributed by atoms with Crippen LogP contribution in [0.4, 0.5) is 5.82 Å². The van der Waals surface area contributed by atoms with Crippen LogP contribution >= 0.6 is 0 Å². The predicted octanol–water partition coefficient (Wildman–Crippen LogP) is 4.20. The fourth-order valence-corrected chi connectivity index (χ4v) is 4.43. The number of nitrogen functional groups attached to an aromatic ring is 1. The minimum atomic E-state index is -0.180. The summed E-state index contributed by atoms with van der Waals surface area (Å²) in [6.45, 7) is 11.7. The topological polar surface area (TPSA) is 102 Å². The van der Waals surface area contributed by atoms with Crippen LogP contribution in [-0.4, -0.2) is 50.7 Å². The van der Waals surface area contributed by atoms with Gasteiger partial charge in [-0.3, -0.25) is 4.57 Å². The quantitative estimate of drug-likeness (QED) is 0.447. The molecule has 180 valence electrons. The van der Waals surface area contributed by atoms with Crippen molar-refractivity contribution < 1.29 is 4.74 Å². The number of nitrogens with one attached hydrogen (secondary N) is 1. The van der Waals surface area contributed by atoms with Gasteiger partial charge in [0.1, 0.15) is 5.52 Å². The van der Waals surface area contributed by atoms with E-state index in [1.807, 2.05) is 0 Å². The number of ether oxygens (including phenoxy) is 1. The van der Waals surface area contributed by atoms with Crippen molar-refractivity contribution in [2.45, 2.75) is 85.1 Å². The molecule has 1 aliphatic heterocycles. The van der Waals surface area contributed by atoms with Gasteiger partial charge >= 0.3 is 11.7 Å². The molecule has 0 bridgehead atoms. The Morgan fingerprint density at radius 1 is 1.12 bits per heavy atom. The molecule has 8 heteroatoms. The average molecular weight is 447 g/mol. The molecular formula is C24H42N6O2. The second-order valence-electron chi connectivity index (χ2n) is 9.69. The maximum Gasteiger partial charge on any atom is 0.327 e. The van der Waals surface area contributed by atoms with Crippen molar-refractivity contribution in [1.29, 1.82) is 0 Å². The number of aryl methyl sites for hydroxylation is 1. The van der Waals surface area contributed by atoms with E-state index in [0.717, 1.165) is 37.5 Å². The van der Waals surface area contributed by atoms with Gasteiger partial charge in [0.05, 0.1) is 6.61 Å². The van der Waals surface area contributed by atoms with E-state index in [4.69, 9.17) is 10.5 Å². The zero-order valence-corrected chi connectivity index (χ0v) is 20.2. The van der Waals surface area contributed by atoms with Crippen molar-refractivity contribution in [2.75, 3.05) is 32.0 Å². The van der Waals surface area contributed by atoms with Crippen LogP contribution in [-0.2, 0) is 6.54 Å². The van der Waals surface area contributed by atoms with E-state index in [1.54, 1.807) is 4.57 Å². The average Bonchev–Trinajstić information content (AvgIpc) is 3.09. The molecule has 0 atom stereocenters. The molecule has 3 heterocycles. The molecule has 2 aromatic heterocycles. The Balaban J connectivity index is 1.43. The Hall–Kier alpha value is -2.09. The van der Waals surface area contributed by atoms with Crippen LogP contribution in [0.3, 0.4) is 0 Å². The third kappa shape index (κ3) is 6.95. The van der Waals surface area contributed by atoms with Crippen molar-refractivity contribution in [3.05, 3.63) is 10.5 Å². The second kappa shape index (κ2) is 12.2. The van der Waals surface area contributed by atoms with E-state index in [-0.39, 0.29) is 17.5 Å². The summed E-state index contributed by atoms with van der Waals surface area (Å²) in [6.07, 6.45) is 10.5. The molecule has 0 amide bonds. The number of rotatable bonds is 13. The lowest BCUT2D eigenvalue weighted by Crippen LogP contribution is -2.34. The number of imidazole rings is 1. The third-order valence-electron chi connectivity index (χ3n) is 6.58. The van der Waals surface area contributed by atoms with Crippen LogP contribution in [0.1, 0.15) is 78.6 Å². The van der Waals surface area contributed by atoms with Gasteiger partial charge < -0.3 is 20.4 Å². The number of piperidine rings is 1. The van der Waals surface area contributed by atoms with Gasteiger partial charge in [-0.2, -0.15) is 9.97 Å². The summed E-state index contributed by atoms with van der Waals surface area (Å²) in [4.78, 5) is 26.5. The summed E-state index contributed by atoms with van der Waals surface area (Å²) in [6, 6.07) is 0.246. The number of anilines is 1. The molecule has 0 unspecified atom stereocenters. The van der Waals surface area contributed by atoms with E-state index < -0.39 is 0 Å². The van der Waals surface area contributed by atoms with Gasteiger partial charge in [0.2, 0.25) is 0 Å². The molecule has 1 saturated heterocycles. The Bertz CT molecular complexity index is 882. The Morgan fingerprint density at radius 3 is 2.62 bits per heavy atom. The molecule has 0 saturated carbocycles. The first kappa shape index (κ1) is 24.6. The number of nitrogens with zero attached hydrogens (tertiary/aromatic N) is 4. The van der Waals surface area contributed by atoms with Crippen LogP contribution in [0.2, 0.25) is 0 Å². The highest BCUT2D eigenvalue weighted by atomic mass is 16.5. The number of hydrogen-bond acceptors (Lipinski definition) is 6. The van der Waals surface area contributed by atoms with E-state index in [9.17, 15) is 4.79 Å². The molecule has 0 radical (unpaired) electrons. The van der Waals surface area contributed by atoms with Crippen molar-refractivity contribution in [1.82, 2.24) is 24.4 Å². The van der Waals surface area contributed by atoms with Crippen LogP contribution in [0.25, 0.3) is 11.2 Å². The molecular weight excluding hydrogens is 404 g/mol. The number of aromatic nitrogens is 4. The molecule has 0 spiro atoms. The monoisotopic (exact) mass is 446 g/mol. The van der Waals surface area contributed by atoms with Crippen molar-refractivity contribution in [3.8, 4) is 6.01 Å². The zero-order valence-electron chi connectivity index (χ0n) is 20.2. The van der Waals surface area contributed by atoms with Crippen molar-refractivity contribution in [2.24, 2.45) is 11.8 Å². The van der Waals surface area contributed by atoms with Gasteiger partial charge in [-0.1, -0.05) is 46.5 Å². The van der Waals surface area contributed by atoms with Gasteiger partial charge in [-0.05, 0) is 63.6 Å². The predicted molar refractivity (Wildman–Crippen MR) is 130 cm³/mol. The van der Waals surface area contributed by atoms with Gasteiger partial charge in [0.25, 0.3) is 0 Å². The lowest BCUT2D eigenvalue weighted by atomic mass is 9.91. The number of fused-ring (bicyclic) bond motifs is 1. The first-order chi connectivity index (χ1) is 15.5. The van der Waals surface area contributed by atoms with E-state index in [2.05, 4.69) is 40.6 Å². The standard InChI is InChI=1S/C24H42N6O2/c1-4-5-17-32-23-27-21(25)20-22(28-23)30(24(31)26-20)13-8-6-7-9-19-11-15-29(16-12-19)14-10-18(2)3/h18-19H,4-17H2,1-3H3,(H,26,31)(H2,25,27,28). The first-order valence-electron chi connectivity index (χ1n) is 12.6. The lowest BCUT2D eigenvalue weighted by molar-refractivity contribution is 0.170. The second-order valence-corrected chi connectivity index (χ2v) is 9.69. The highest BCUT2D eigenvalue weighted by Gasteiger charge is 2.19. The SMILES string of the molecule is CCCCOc1nc(N)c2[nH]c(=O)n(CCCCCC3CCN(CCC(C)C)CC3)c2n1. The highest BCUT2D eigenvalue weighted by Crippen LogP contribution is 2.24. The maximum absolute atomic E-state index is 12.4. The fourth-order valence-electron chi connectivity index (χ4n) is 4.43. The number of H-pyrrole nitrogens is 1. The summed E-state index contributed by atoms with van der Waals surface area (Å²) >= 11 is 0. The van der Waals surface area contributed by atoms with Crippen LogP contribution in [0.15, 0.2) is 4.79 Å². The summed E-state index contributed by atoms with van der Waals surface area (Å²) < 4.78 is 7.28. The normalized spacial score (nSPS) is 15.8. The molecule has 0 aromatic carbocycles. The Morgan fingerprint density at radius 2 is 1.91 bits per heavy atom. The van der Waals surface area contributed by atoms with Crippen LogP contribution in [0.5, 0.6) is 6.01 Å². The molecule has 3 N–H and O–H groups in total. The number of likely N-dealkylation sites (tertiary alicyclic amines) is 1. The lowest BCUT2D eigenvalue weighted by Gasteiger charge is -2.32. The van der Waals surface area contributed by atoms with Gasteiger partial charge in [0, 0.05) is 6.54 Å². The van der Waals surface area contributed by atoms with Crippen molar-refractivity contribution >= 4 is 17.0 Å². The number of nitrogens with two attached hydrogens (primary N) is 1.